The van der Waals surface area contributed by atoms with Crippen LogP contribution in [0, 0.1) is 0 Å². The van der Waals surface area contributed by atoms with Gasteiger partial charge in [-0.05, 0) is 28.1 Å². The van der Waals surface area contributed by atoms with Crippen molar-refractivity contribution in [1.29, 1.82) is 0 Å². The van der Waals surface area contributed by atoms with Gasteiger partial charge in [0.2, 0.25) is 0 Å². The summed E-state index contributed by atoms with van der Waals surface area (Å²) in [4.78, 5) is 1.08. The average Bonchev–Trinajstić information content (AvgIpc) is 2.93. The standard InChI is InChI=1S/C13H11BrClNOS/c14-13-9(15)5-11(18-13)12(16)8-6-17-10-4-2-1-3-7(8)10/h1-5,8,12H,6,16H2. The van der Waals surface area contributed by atoms with Crippen molar-refractivity contribution in [3.05, 3.63) is 49.6 Å². The lowest BCUT2D eigenvalue weighted by Crippen LogP contribution is -2.19. The Kier molecular flexibility index (Phi) is 3.36. The second kappa shape index (κ2) is 4.85. The molecule has 2 unspecified atom stereocenters. The quantitative estimate of drug-likeness (QED) is 0.879. The molecule has 0 fully saturated rings. The summed E-state index contributed by atoms with van der Waals surface area (Å²) in [6, 6.07) is 9.91. The second-order valence-electron chi connectivity index (χ2n) is 4.25. The molecule has 3 rings (SSSR count). The van der Waals surface area contributed by atoms with Crippen molar-refractivity contribution < 1.29 is 4.74 Å². The highest BCUT2D eigenvalue weighted by Gasteiger charge is 2.31. The van der Waals surface area contributed by atoms with E-state index in [1.807, 2.05) is 24.3 Å². The van der Waals surface area contributed by atoms with Crippen LogP contribution in [0.1, 0.15) is 22.4 Å². The van der Waals surface area contributed by atoms with Crippen LogP contribution in [0.2, 0.25) is 5.02 Å². The molecule has 1 aliphatic rings. The number of ether oxygens (including phenoxy) is 1. The average molecular weight is 345 g/mol. The van der Waals surface area contributed by atoms with Gasteiger partial charge in [-0.2, -0.15) is 0 Å². The molecule has 2 heterocycles. The molecule has 2 nitrogen and oxygen atoms in total. The van der Waals surface area contributed by atoms with Crippen LogP contribution in [0.5, 0.6) is 5.75 Å². The Labute approximate surface area is 123 Å². The highest BCUT2D eigenvalue weighted by molar-refractivity contribution is 9.11. The minimum Gasteiger partial charge on any atom is -0.493 e. The van der Waals surface area contributed by atoms with Crippen molar-refractivity contribution in [3.8, 4) is 5.75 Å². The lowest BCUT2D eigenvalue weighted by Gasteiger charge is -2.16. The van der Waals surface area contributed by atoms with Gasteiger partial charge in [-0.15, -0.1) is 11.3 Å². The summed E-state index contributed by atoms with van der Waals surface area (Å²) in [5.41, 5.74) is 7.53. The summed E-state index contributed by atoms with van der Waals surface area (Å²) in [7, 11) is 0. The summed E-state index contributed by atoms with van der Waals surface area (Å²) in [5, 5.41) is 0.720. The zero-order chi connectivity index (χ0) is 12.7. The summed E-state index contributed by atoms with van der Waals surface area (Å²) < 4.78 is 6.60. The van der Waals surface area contributed by atoms with E-state index >= 15 is 0 Å². The smallest absolute Gasteiger partial charge is 0.122 e. The number of benzene rings is 1. The van der Waals surface area contributed by atoms with Crippen molar-refractivity contribution in [3.63, 3.8) is 0 Å². The van der Waals surface area contributed by atoms with E-state index in [0.717, 1.165) is 19.4 Å². The van der Waals surface area contributed by atoms with Crippen molar-refractivity contribution in [2.45, 2.75) is 12.0 Å². The number of thiophene rings is 1. The normalized spacial score (nSPS) is 19.4. The molecule has 1 aliphatic heterocycles. The molecule has 1 aromatic carbocycles. The van der Waals surface area contributed by atoms with Crippen molar-refractivity contribution in [2.75, 3.05) is 6.61 Å². The molecule has 1 aromatic heterocycles. The first-order valence-electron chi connectivity index (χ1n) is 5.59. The Hall–Kier alpha value is -0.550. The van der Waals surface area contributed by atoms with Crippen LogP contribution < -0.4 is 10.5 Å². The van der Waals surface area contributed by atoms with Crippen LogP contribution in [-0.4, -0.2) is 6.61 Å². The molecule has 0 spiro atoms. The molecule has 2 atom stereocenters. The summed E-state index contributed by atoms with van der Waals surface area (Å²) in [6.07, 6.45) is 0. The number of halogens is 2. The first-order valence-corrected chi connectivity index (χ1v) is 7.57. The number of fused-ring (bicyclic) bond motifs is 1. The van der Waals surface area contributed by atoms with Gasteiger partial charge < -0.3 is 10.5 Å². The predicted molar refractivity (Wildman–Crippen MR) is 78.6 cm³/mol. The third-order valence-corrected chi connectivity index (χ3v) is 5.74. The molecular weight excluding hydrogens is 334 g/mol. The van der Waals surface area contributed by atoms with Crippen molar-refractivity contribution in [2.24, 2.45) is 5.73 Å². The predicted octanol–water partition coefficient (Wildman–Crippen LogP) is 4.34. The molecule has 0 radical (unpaired) electrons. The second-order valence-corrected chi connectivity index (χ2v) is 7.06. The van der Waals surface area contributed by atoms with E-state index in [1.165, 1.54) is 5.56 Å². The maximum atomic E-state index is 6.35. The van der Waals surface area contributed by atoms with Gasteiger partial charge in [0.05, 0.1) is 15.4 Å². The lowest BCUT2D eigenvalue weighted by molar-refractivity contribution is 0.316. The number of nitrogens with two attached hydrogens (primary N) is 1. The molecule has 0 saturated carbocycles. The topological polar surface area (TPSA) is 35.2 Å². The SMILES string of the molecule is NC(c1cc(Cl)c(Br)s1)C1COc2ccccc21. The fraction of sp³-hybridized carbons (Fsp3) is 0.231. The van der Waals surface area contributed by atoms with E-state index in [2.05, 4.69) is 22.0 Å². The first-order chi connectivity index (χ1) is 8.66. The number of para-hydroxylation sites is 1. The zero-order valence-corrected chi connectivity index (χ0v) is 12.6. The Morgan fingerprint density at radius 1 is 1.44 bits per heavy atom. The van der Waals surface area contributed by atoms with Gasteiger partial charge in [0, 0.05) is 22.4 Å². The third-order valence-electron chi connectivity index (χ3n) is 3.16. The van der Waals surface area contributed by atoms with Crippen LogP contribution in [0.3, 0.4) is 0 Å². The highest BCUT2D eigenvalue weighted by atomic mass is 79.9. The van der Waals surface area contributed by atoms with Gasteiger partial charge in [-0.1, -0.05) is 29.8 Å². The van der Waals surface area contributed by atoms with Gasteiger partial charge in [0.25, 0.3) is 0 Å². The van der Waals surface area contributed by atoms with E-state index < -0.39 is 0 Å². The fourth-order valence-electron chi connectivity index (χ4n) is 2.21. The van der Waals surface area contributed by atoms with Gasteiger partial charge in [-0.25, -0.2) is 0 Å². The number of hydrogen-bond acceptors (Lipinski definition) is 3. The largest absolute Gasteiger partial charge is 0.493 e. The lowest BCUT2D eigenvalue weighted by atomic mass is 9.93. The Morgan fingerprint density at radius 3 is 2.94 bits per heavy atom. The van der Waals surface area contributed by atoms with Gasteiger partial charge in [-0.3, -0.25) is 0 Å². The maximum Gasteiger partial charge on any atom is 0.122 e. The molecule has 18 heavy (non-hydrogen) atoms. The molecule has 0 saturated heterocycles. The molecule has 5 heteroatoms. The first kappa shape index (κ1) is 12.5. The molecule has 2 aromatic rings. The zero-order valence-electron chi connectivity index (χ0n) is 9.40. The van der Waals surface area contributed by atoms with Crippen LogP contribution in [-0.2, 0) is 0 Å². The van der Waals surface area contributed by atoms with Gasteiger partial charge in [0.1, 0.15) is 5.75 Å². The van der Waals surface area contributed by atoms with Crippen LogP contribution in [0.4, 0.5) is 0 Å². The van der Waals surface area contributed by atoms with Crippen molar-refractivity contribution >= 4 is 38.9 Å². The van der Waals surface area contributed by atoms with E-state index in [9.17, 15) is 0 Å². The number of hydrogen-bond donors (Lipinski definition) is 1. The molecule has 0 amide bonds. The highest BCUT2D eigenvalue weighted by Crippen LogP contribution is 2.43. The molecule has 0 aliphatic carbocycles. The Balaban J connectivity index is 1.92. The molecular formula is C13H11BrClNOS. The minimum atomic E-state index is -0.0811. The van der Waals surface area contributed by atoms with E-state index in [-0.39, 0.29) is 12.0 Å². The molecule has 94 valence electrons. The summed E-state index contributed by atoms with van der Waals surface area (Å²) in [5.74, 6) is 1.14. The molecule has 2 N–H and O–H groups in total. The Morgan fingerprint density at radius 2 is 2.22 bits per heavy atom. The molecule has 0 bridgehead atoms. The monoisotopic (exact) mass is 343 g/mol. The van der Waals surface area contributed by atoms with Gasteiger partial charge >= 0.3 is 0 Å². The third kappa shape index (κ3) is 2.07. The minimum absolute atomic E-state index is 0.0811. The van der Waals surface area contributed by atoms with E-state index in [0.29, 0.717) is 6.61 Å². The van der Waals surface area contributed by atoms with E-state index in [1.54, 1.807) is 11.3 Å². The number of rotatable bonds is 2. The van der Waals surface area contributed by atoms with Crippen LogP contribution in [0.25, 0.3) is 0 Å². The van der Waals surface area contributed by atoms with Crippen LogP contribution in [0.15, 0.2) is 34.1 Å². The Bertz CT molecular complexity index is 567. The van der Waals surface area contributed by atoms with E-state index in [4.69, 9.17) is 22.1 Å². The van der Waals surface area contributed by atoms with Gasteiger partial charge in [0.15, 0.2) is 0 Å². The fourth-order valence-corrected chi connectivity index (χ4v) is 4.02. The summed E-state index contributed by atoms with van der Waals surface area (Å²) in [6.45, 7) is 0.633. The van der Waals surface area contributed by atoms with Crippen molar-refractivity contribution in [1.82, 2.24) is 0 Å². The van der Waals surface area contributed by atoms with Crippen LogP contribution >= 0.6 is 38.9 Å². The summed E-state index contributed by atoms with van der Waals surface area (Å²) >= 11 is 11.1. The maximum absolute atomic E-state index is 6.35.